The normalized spacial score (nSPS) is 11.4. The Morgan fingerprint density at radius 3 is 2.21 bits per heavy atom. The smallest absolute Gasteiger partial charge is 0.262 e. The molecule has 0 spiro atoms. The molecule has 0 radical (unpaired) electrons. The minimum Gasteiger partial charge on any atom is -0.484 e. The minimum atomic E-state index is -4.00. The molecule has 2 N–H and O–H groups in total. The van der Waals surface area contributed by atoms with Gasteiger partial charge in [-0.3, -0.25) is 9.59 Å². The Bertz CT molecular complexity index is 1630. The van der Waals surface area contributed by atoms with Crippen molar-refractivity contribution in [3.8, 4) is 5.75 Å². The van der Waals surface area contributed by atoms with Crippen molar-refractivity contribution in [2.75, 3.05) is 18.5 Å². The Hall–Kier alpha value is -4.51. The largest absolute Gasteiger partial charge is 0.484 e. The van der Waals surface area contributed by atoms with Gasteiger partial charge in [0.15, 0.2) is 6.61 Å². The highest BCUT2D eigenvalue weighted by Gasteiger charge is 2.27. The number of sulfonamides is 1. The molecule has 0 fully saturated rings. The molecule has 0 aliphatic heterocycles. The van der Waals surface area contributed by atoms with Crippen LogP contribution >= 0.6 is 11.6 Å². The molecule has 0 aliphatic carbocycles. The number of hydrogen-bond acceptors (Lipinski definition) is 6. The molecule has 0 heterocycles. The van der Waals surface area contributed by atoms with Gasteiger partial charge in [-0.25, -0.2) is 13.8 Å². The van der Waals surface area contributed by atoms with E-state index in [2.05, 4.69) is 15.8 Å². The zero-order valence-electron chi connectivity index (χ0n) is 22.7. The van der Waals surface area contributed by atoms with Gasteiger partial charge >= 0.3 is 0 Å². The third kappa shape index (κ3) is 9.00. The third-order valence-corrected chi connectivity index (χ3v) is 8.02. The Labute approximate surface area is 249 Å². The van der Waals surface area contributed by atoms with Gasteiger partial charge in [0.05, 0.1) is 17.7 Å². The first-order valence-electron chi connectivity index (χ1n) is 12.9. The lowest BCUT2D eigenvalue weighted by Gasteiger charge is -2.21. The molecule has 4 aromatic rings. The monoisotopic (exact) mass is 604 g/mol. The SMILES string of the molecule is Cc1ccc(NC(=O)COc2ccc(/C=N/NC(=O)CN(Cc3ccccc3)S(=O)(=O)c3ccc(Cl)cc3)cc2)cc1. The molecule has 216 valence electrons. The van der Waals surface area contributed by atoms with Crippen molar-refractivity contribution in [3.05, 3.63) is 125 Å². The van der Waals surface area contributed by atoms with Crippen LogP contribution < -0.4 is 15.5 Å². The quantitative estimate of drug-likeness (QED) is 0.174. The fourth-order valence-electron chi connectivity index (χ4n) is 3.78. The lowest BCUT2D eigenvalue weighted by atomic mass is 10.2. The van der Waals surface area contributed by atoms with Gasteiger partial charge in [0.1, 0.15) is 5.75 Å². The molecule has 0 unspecified atom stereocenters. The number of halogens is 1. The predicted octanol–water partition coefficient (Wildman–Crippen LogP) is 5.01. The first-order chi connectivity index (χ1) is 20.2. The molecule has 9 nitrogen and oxygen atoms in total. The van der Waals surface area contributed by atoms with E-state index in [-0.39, 0.29) is 24.0 Å². The molecule has 11 heteroatoms. The van der Waals surface area contributed by atoms with Crippen molar-refractivity contribution in [2.24, 2.45) is 5.10 Å². The lowest BCUT2D eigenvalue weighted by molar-refractivity contribution is -0.121. The Morgan fingerprint density at radius 2 is 1.55 bits per heavy atom. The molecular formula is C31H29ClN4O5S. The van der Waals surface area contributed by atoms with Crippen molar-refractivity contribution in [1.82, 2.24) is 9.73 Å². The molecule has 0 bridgehead atoms. The van der Waals surface area contributed by atoms with Crippen LogP contribution in [0.5, 0.6) is 5.75 Å². The summed E-state index contributed by atoms with van der Waals surface area (Å²) < 4.78 is 33.3. The standard InChI is InChI=1S/C31H29ClN4O5S/c1-23-7-13-27(14-8-23)34-31(38)22-41-28-15-9-24(10-16-28)19-33-35-30(37)21-36(20-25-5-3-2-4-6-25)42(39,40)29-17-11-26(32)12-18-29/h2-19H,20-22H2,1H3,(H,34,38)(H,35,37)/b33-19+. The van der Waals surface area contributed by atoms with Gasteiger partial charge in [0, 0.05) is 17.3 Å². The summed E-state index contributed by atoms with van der Waals surface area (Å²) in [4.78, 5) is 24.9. The van der Waals surface area contributed by atoms with Crippen LogP contribution in [-0.4, -0.2) is 43.9 Å². The Balaban J connectivity index is 1.32. The maximum Gasteiger partial charge on any atom is 0.262 e. The number of carbonyl (C=O) groups is 2. The molecule has 42 heavy (non-hydrogen) atoms. The molecule has 2 amide bonds. The van der Waals surface area contributed by atoms with E-state index in [0.717, 1.165) is 15.4 Å². The fourth-order valence-corrected chi connectivity index (χ4v) is 5.29. The number of hydrogen-bond donors (Lipinski definition) is 2. The first kappa shape index (κ1) is 30.4. The second-order valence-electron chi connectivity index (χ2n) is 9.28. The van der Waals surface area contributed by atoms with Gasteiger partial charge < -0.3 is 10.1 Å². The van der Waals surface area contributed by atoms with Crippen LogP contribution in [0.15, 0.2) is 113 Å². The van der Waals surface area contributed by atoms with E-state index >= 15 is 0 Å². The van der Waals surface area contributed by atoms with E-state index in [4.69, 9.17) is 16.3 Å². The number of benzene rings is 4. The molecule has 0 saturated carbocycles. The summed E-state index contributed by atoms with van der Waals surface area (Å²) in [6.07, 6.45) is 1.42. The zero-order valence-corrected chi connectivity index (χ0v) is 24.3. The number of carbonyl (C=O) groups excluding carboxylic acids is 2. The fraction of sp³-hybridized carbons (Fsp3) is 0.129. The minimum absolute atomic E-state index is 0.00651. The number of hydrazone groups is 1. The van der Waals surface area contributed by atoms with E-state index in [0.29, 0.717) is 22.0 Å². The molecule has 4 rings (SSSR count). The summed E-state index contributed by atoms with van der Waals surface area (Å²) in [7, 11) is -4.00. The number of amides is 2. The van der Waals surface area contributed by atoms with Crippen molar-refractivity contribution in [2.45, 2.75) is 18.4 Å². The van der Waals surface area contributed by atoms with Crippen LogP contribution in [0.2, 0.25) is 5.02 Å². The average molecular weight is 605 g/mol. The number of rotatable bonds is 12. The third-order valence-electron chi connectivity index (χ3n) is 5.96. The summed E-state index contributed by atoms with van der Waals surface area (Å²) >= 11 is 5.92. The summed E-state index contributed by atoms with van der Waals surface area (Å²) in [5.41, 5.74) is 5.54. The van der Waals surface area contributed by atoms with Crippen molar-refractivity contribution in [1.29, 1.82) is 0 Å². The van der Waals surface area contributed by atoms with E-state index in [1.54, 1.807) is 48.5 Å². The second kappa shape index (κ2) is 14.4. The van der Waals surface area contributed by atoms with Gasteiger partial charge in [0.2, 0.25) is 10.0 Å². The Kier molecular flexibility index (Phi) is 10.4. The van der Waals surface area contributed by atoms with Gasteiger partial charge in [-0.2, -0.15) is 9.41 Å². The van der Waals surface area contributed by atoms with Gasteiger partial charge in [-0.05, 0) is 78.7 Å². The van der Waals surface area contributed by atoms with Gasteiger partial charge in [-0.15, -0.1) is 0 Å². The topological polar surface area (TPSA) is 117 Å². The molecule has 0 aliphatic rings. The van der Waals surface area contributed by atoms with Crippen LogP contribution in [0, 0.1) is 6.92 Å². The molecule has 0 aromatic heterocycles. The van der Waals surface area contributed by atoms with E-state index in [1.807, 2.05) is 37.3 Å². The van der Waals surface area contributed by atoms with Crippen molar-refractivity contribution < 1.29 is 22.7 Å². The van der Waals surface area contributed by atoms with Crippen molar-refractivity contribution >= 4 is 45.3 Å². The van der Waals surface area contributed by atoms with Gasteiger partial charge in [-0.1, -0.05) is 59.6 Å². The summed E-state index contributed by atoms with van der Waals surface area (Å²) in [5, 5.41) is 7.12. The summed E-state index contributed by atoms with van der Waals surface area (Å²) in [6, 6.07) is 28.9. The van der Waals surface area contributed by atoms with E-state index in [1.165, 1.54) is 30.5 Å². The van der Waals surface area contributed by atoms with Gasteiger partial charge in [0.25, 0.3) is 11.8 Å². The zero-order chi connectivity index (χ0) is 30.0. The van der Waals surface area contributed by atoms with Crippen LogP contribution in [-0.2, 0) is 26.2 Å². The maximum atomic E-state index is 13.3. The maximum absolute atomic E-state index is 13.3. The van der Waals surface area contributed by atoms with Crippen LogP contribution in [0.1, 0.15) is 16.7 Å². The Morgan fingerprint density at radius 1 is 0.881 bits per heavy atom. The number of nitrogens with zero attached hydrogens (tertiary/aromatic N) is 2. The lowest BCUT2D eigenvalue weighted by Crippen LogP contribution is -2.39. The number of aryl methyl sites for hydroxylation is 1. The highest BCUT2D eigenvalue weighted by Crippen LogP contribution is 2.20. The highest BCUT2D eigenvalue weighted by molar-refractivity contribution is 7.89. The predicted molar refractivity (Wildman–Crippen MR) is 163 cm³/mol. The molecular weight excluding hydrogens is 576 g/mol. The number of nitrogens with one attached hydrogen (secondary N) is 2. The summed E-state index contributed by atoms with van der Waals surface area (Å²) in [6.45, 7) is 1.35. The van der Waals surface area contributed by atoms with Crippen LogP contribution in [0.3, 0.4) is 0 Å². The molecule has 0 atom stereocenters. The number of anilines is 1. The van der Waals surface area contributed by atoms with E-state index in [9.17, 15) is 18.0 Å². The highest BCUT2D eigenvalue weighted by atomic mass is 35.5. The molecule has 0 saturated heterocycles. The van der Waals surface area contributed by atoms with Crippen molar-refractivity contribution in [3.63, 3.8) is 0 Å². The molecule has 4 aromatic carbocycles. The first-order valence-corrected chi connectivity index (χ1v) is 14.7. The van der Waals surface area contributed by atoms with E-state index < -0.39 is 22.5 Å². The van der Waals surface area contributed by atoms with Crippen LogP contribution in [0.25, 0.3) is 0 Å². The number of ether oxygens (including phenoxy) is 1. The summed E-state index contributed by atoms with van der Waals surface area (Å²) in [5.74, 6) is -0.412. The second-order valence-corrected chi connectivity index (χ2v) is 11.7. The average Bonchev–Trinajstić information content (AvgIpc) is 2.98. The van der Waals surface area contributed by atoms with Crippen LogP contribution in [0.4, 0.5) is 5.69 Å².